The molecule has 26 heavy (non-hydrogen) atoms. The fourth-order valence-corrected chi connectivity index (χ4v) is 2.82. The SMILES string of the molecule is CCC(C)NCc1ccc(-c2ccc(C(=O)c3ccccc3)cc2)cc1. The predicted octanol–water partition coefficient (Wildman–Crippen LogP) is 5.47. The van der Waals surface area contributed by atoms with E-state index in [0.29, 0.717) is 11.6 Å². The summed E-state index contributed by atoms with van der Waals surface area (Å²) >= 11 is 0. The highest BCUT2D eigenvalue weighted by molar-refractivity contribution is 6.09. The highest BCUT2D eigenvalue weighted by atomic mass is 16.1. The summed E-state index contributed by atoms with van der Waals surface area (Å²) in [5.74, 6) is 0.0589. The smallest absolute Gasteiger partial charge is 0.193 e. The number of hydrogen-bond donors (Lipinski definition) is 1. The fraction of sp³-hybridized carbons (Fsp3) is 0.208. The molecule has 0 bridgehead atoms. The largest absolute Gasteiger partial charge is 0.310 e. The summed E-state index contributed by atoms with van der Waals surface area (Å²) in [4.78, 5) is 12.5. The highest BCUT2D eigenvalue weighted by Gasteiger charge is 2.08. The lowest BCUT2D eigenvalue weighted by Crippen LogP contribution is -2.24. The number of carbonyl (C=O) groups excluding carboxylic acids is 1. The zero-order valence-electron chi connectivity index (χ0n) is 15.4. The van der Waals surface area contributed by atoms with Gasteiger partial charge in [0.2, 0.25) is 0 Å². The number of hydrogen-bond acceptors (Lipinski definition) is 2. The Kier molecular flexibility index (Phi) is 5.98. The first-order valence-corrected chi connectivity index (χ1v) is 9.20. The molecular formula is C24H25NO. The van der Waals surface area contributed by atoms with Gasteiger partial charge < -0.3 is 5.32 Å². The molecule has 2 heteroatoms. The molecule has 0 aliphatic carbocycles. The second-order valence-corrected chi connectivity index (χ2v) is 6.66. The Morgan fingerprint density at radius 1 is 0.808 bits per heavy atom. The molecule has 1 unspecified atom stereocenters. The quantitative estimate of drug-likeness (QED) is 0.576. The van der Waals surface area contributed by atoms with Crippen molar-refractivity contribution in [3.05, 3.63) is 95.6 Å². The van der Waals surface area contributed by atoms with Gasteiger partial charge in [0, 0.05) is 23.7 Å². The number of nitrogens with one attached hydrogen (secondary N) is 1. The molecule has 0 spiro atoms. The van der Waals surface area contributed by atoms with Gasteiger partial charge in [-0.2, -0.15) is 0 Å². The third-order valence-electron chi connectivity index (χ3n) is 4.74. The van der Waals surface area contributed by atoms with Gasteiger partial charge in [-0.3, -0.25) is 4.79 Å². The molecule has 0 saturated heterocycles. The fourth-order valence-electron chi connectivity index (χ4n) is 2.82. The van der Waals surface area contributed by atoms with Crippen molar-refractivity contribution in [1.29, 1.82) is 0 Å². The van der Waals surface area contributed by atoms with Crippen molar-refractivity contribution in [2.24, 2.45) is 0 Å². The molecule has 0 aliphatic rings. The molecule has 3 aromatic rings. The first-order chi connectivity index (χ1) is 12.7. The maximum absolute atomic E-state index is 12.5. The van der Waals surface area contributed by atoms with E-state index in [1.807, 2.05) is 54.6 Å². The highest BCUT2D eigenvalue weighted by Crippen LogP contribution is 2.21. The summed E-state index contributed by atoms with van der Waals surface area (Å²) in [6, 6.07) is 26.4. The molecule has 0 heterocycles. The Labute approximate surface area is 155 Å². The lowest BCUT2D eigenvalue weighted by molar-refractivity contribution is 0.103. The standard InChI is InChI=1S/C24H25NO/c1-3-18(2)25-17-19-9-11-20(12-10-19)21-13-15-23(16-14-21)24(26)22-7-5-4-6-8-22/h4-16,18,25H,3,17H2,1-2H3. The summed E-state index contributed by atoms with van der Waals surface area (Å²) in [7, 11) is 0. The van der Waals surface area contributed by atoms with Crippen LogP contribution in [-0.2, 0) is 6.54 Å². The van der Waals surface area contributed by atoms with Crippen LogP contribution in [-0.4, -0.2) is 11.8 Å². The maximum Gasteiger partial charge on any atom is 0.193 e. The van der Waals surface area contributed by atoms with Crippen molar-refractivity contribution in [2.45, 2.75) is 32.9 Å². The monoisotopic (exact) mass is 343 g/mol. The Morgan fingerprint density at radius 3 is 1.92 bits per heavy atom. The van der Waals surface area contributed by atoms with Crippen molar-refractivity contribution >= 4 is 5.78 Å². The zero-order chi connectivity index (χ0) is 18.4. The van der Waals surface area contributed by atoms with Crippen molar-refractivity contribution in [3.8, 4) is 11.1 Å². The van der Waals surface area contributed by atoms with Gasteiger partial charge in [-0.15, -0.1) is 0 Å². The van der Waals surface area contributed by atoms with E-state index in [2.05, 4.69) is 43.4 Å². The average Bonchev–Trinajstić information content (AvgIpc) is 2.72. The van der Waals surface area contributed by atoms with E-state index in [1.165, 1.54) is 5.56 Å². The summed E-state index contributed by atoms with van der Waals surface area (Å²) in [5, 5.41) is 3.51. The van der Waals surface area contributed by atoms with Crippen LogP contribution in [0, 0.1) is 0 Å². The molecular weight excluding hydrogens is 318 g/mol. The molecule has 2 nitrogen and oxygen atoms in total. The van der Waals surface area contributed by atoms with Gasteiger partial charge in [0.1, 0.15) is 0 Å². The average molecular weight is 343 g/mol. The van der Waals surface area contributed by atoms with Gasteiger partial charge in [-0.1, -0.05) is 85.8 Å². The van der Waals surface area contributed by atoms with Crippen LogP contribution in [0.2, 0.25) is 0 Å². The van der Waals surface area contributed by atoms with Gasteiger partial charge in [-0.25, -0.2) is 0 Å². The zero-order valence-corrected chi connectivity index (χ0v) is 15.4. The van der Waals surface area contributed by atoms with Gasteiger partial charge in [0.05, 0.1) is 0 Å². The molecule has 0 amide bonds. The second-order valence-electron chi connectivity index (χ2n) is 6.66. The molecule has 0 aliphatic heterocycles. The van der Waals surface area contributed by atoms with Crippen LogP contribution in [0.3, 0.4) is 0 Å². The number of ketones is 1. The van der Waals surface area contributed by atoms with Crippen LogP contribution >= 0.6 is 0 Å². The topological polar surface area (TPSA) is 29.1 Å². The molecule has 1 atom stereocenters. The molecule has 3 rings (SSSR count). The maximum atomic E-state index is 12.5. The van der Waals surface area contributed by atoms with E-state index in [9.17, 15) is 4.79 Å². The lowest BCUT2D eigenvalue weighted by Gasteiger charge is -2.11. The summed E-state index contributed by atoms with van der Waals surface area (Å²) in [6.45, 7) is 5.28. The van der Waals surface area contributed by atoms with E-state index in [-0.39, 0.29) is 5.78 Å². The molecule has 0 radical (unpaired) electrons. The first-order valence-electron chi connectivity index (χ1n) is 9.20. The van der Waals surface area contributed by atoms with Crippen molar-refractivity contribution in [1.82, 2.24) is 5.32 Å². The van der Waals surface area contributed by atoms with E-state index in [1.54, 1.807) is 0 Å². The normalized spacial score (nSPS) is 11.9. The van der Waals surface area contributed by atoms with E-state index >= 15 is 0 Å². The Balaban J connectivity index is 1.69. The Bertz CT molecular complexity index is 836. The van der Waals surface area contributed by atoms with Crippen LogP contribution in [0.5, 0.6) is 0 Å². The van der Waals surface area contributed by atoms with Crippen LogP contribution in [0.25, 0.3) is 11.1 Å². The minimum atomic E-state index is 0.0589. The first kappa shape index (κ1) is 18.1. The Morgan fingerprint density at radius 2 is 1.35 bits per heavy atom. The third-order valence-corrected chi connectivity index (χ3v) is 4.74. The van der Waals surface area contributed by atoms with E-state index in [0.717, 1.165) is 29.7 Å². The summed E-state index contributed by atoms with van der Waals surface area (Å²) in [6.07, 6.45) is 1.13. The van der Waals surface area contributed by atoms with Crippen LogP contribution in [0.4, 0.5) is 0 Å². The third kappa shape index (κ3) is 4.47. The molecule has 0 saturated carbocycles. The lowest BCUT2D eigenvalue weighted by atomic mass is 9.99. The summed E-state index contributed by atoms with van der Waals surface area (Å²) in [5.41, 5.74) is 5.00. The molecule has 0 fully saturated rings. The van der Waals surface area contributed by atoms with Crippen LogP contribution < -0.4 is 5.32 Å². The summed E-state index contributed by atoms with van der Waals surface area (Å²) < 4.78 is 0. The second kappa shape index (κ2) is 8.59. The molecule has 1 N–H and O–H groups in total. The predicted molar refractivity (Wildman–Crippen MR) is 108 cm³/mol. The number of rotatable bonds is 7. The molecule has 0 aromatic heterocycles. The van der Waals surface area contributed by atoms with Gasteiger partial charge in [0.15, 0.2) is 5.78 Å². The van der Waals surface area contributed by atoms with Gasteiger partial charge >= 0.3 is 0 Å². The van der Waals surface area contributed by atoms with E-state index < -0.39 is 0 Å². The number of carbonyl (C=O) groups is 1. The molecule has 3 aromatic carbocycles. The van der Waals surface area contributed by atoms with Crippen molar-refractivity contribution in [2.75, 3.05) is 0 Å². The van der Waals surface area contributed by atoms with Crippen molar-refractivity contribution < 1.29 is 4.79 Å². The van der Waals surface area contributed by atoms with Crippen LogP contribution in [0.15, 0.2) is 78.9 Å². The van der Waals surface area contributed by atoms with E-state index in [4.69, 9.17) is 0 Å². The van der Waals surface area contributed by atoms with Gasteiger partial charge in [-0.05, 0) is 30.0 Å². The molecule has 132 valence electrons. The minimum Gasteiger partial charge on any atom is -0.310 e. The van der Waals surface area contributed by atoms with Crippen molar-refractivity contribution in [3.63, 3.8) is 0 Å². The van der Waals surface area contributed by atoms with Gasteiger partial charge in [0.25, 0.3) is 0 Å². The Hall–Kier alpha value is -2.71. The minimum absolute atomic E-state index is 0.0589. The van der Waals surface area contributed by atoms with Crippen LogP contribution in [0.1, 0.15) is 41.8 Å². The number of benzene rings is 3.